The minimum Gasteiger partial charge on any atom is -0.495 e. The minimum absolute atomic E-state index is 0.106. The van der Waals surface area contributed by atoms with Crippen molar-refractivity contribution in [3.63, 3.8) is 0 Å². The number of nitrogens with zero attached hydrogens (tertiary/aromatic N) is 2. The fourth-order valence-electron chi connectivity index (χ4n) is 3.92. The highest BCUT2D eigenvalue weighted by Crippen LogP contribution is 2.32. The summed E-state index contributed by atoms with van der Waals surface area (Å²) in [6, 6.07) is 9.72. The number of aromatic nitrogens is 1. The molecule has 180 valence electrons. The number of hydrogen-bond acceptors (Lipinski definition) is 6. The molecule has 9 nitrogen and oxygen atoms in total. The molecule has 0 saturated carbocycles. The molecule has 1 aromatic heterocycles. The summed E-state index contributed by atoms with van der Waals surface area (Å²) in [7, 11) is -1.05. The number of aryl methyl sites for hydroxylation is 1. The van der Waals surface area contributed by atoms with Gasteiger partial charge in [-0.3, -0.25) is 9.69 Å². The van der Waals surface area contributed by atoms with Crippen LogP contribution in [-0.4, -0.2) is 45.2 Å². The van der Waals surface area contributed by atoms with Crippen LogP contribution in [0, 0.1) is 0 Å². The van der Waals surface area contributed by atoms with E-state index in [2.05, 4.69) is 4.72 Å². The van der Waals surface area contributed by atoms with Crippen LogP contribution in [0.1, 0.15) is 36.7 Å². The molecule has 2 aromatic carbocycles. The quantitative estimate of drug-likeness (QED) is 0.592. The van der Waals surface area contributed by atoms with Crippen LogP contribution in [0.4, 0.5) is 10.5 Å². The second-order valence-corrected chi connectivity index (χ2v) is 10.8. The summed E-state index contributed by atoms with van der Waals surface area (Å²) in [5.41, 5.74) is 2.01. The van der Waals surface area contributed by atoms with Crippen molar-refractivity contribution < 1.29 is 27.5 Å². The monoisotopic (exact) mass is 485 g/mol. The second kappa shape index (κ2) is 8.35. The zero-order chi connectivity index (χ0) is 24.8. The van der Waals surface area contributed by atoms with Crippen LogP contribution < -0.4 is 14.4 Å². The van der Waals surface area contributed by atoms with Crippen molar-refractivity contribution in [2.75, 3.05) is 25.2 Å². The first-order valence-electron chi connectivity index (χ1n) is 10.7. The van der Waals surface area contributed by atoms with Crippen molar-refractivity contribution >= 4 is 38.6 Å². The van der Waals surface area contributed by atoms with Crippen molar-refractivity contribution in [3.05, 3.63) is 53.7 Å². The molecule has 0 unspecified atom stereocenters. The number of fused-ring (bicyclic) bond motifs is 1. The van der Waals surface area contributed by atoms with Gasteiger partial charge in [0.25, 0.3) is 15.9 Å². The van der Waals surface area contributed by atoms with Gasteiger partial charge in [0.05, 0.1) is 24.9 Å². The Morgan fingerprint density at radius 2 is 1.88 bits per heavy atom. The number of methoxy groups -OCH3 is 1. The molecular formula is C24H27N3O6S. The number of rotatable bonds is 5. The van der Waals surface area contributed by atoms with Crippen molar-refractivity contribution in [1.82, 2.24) is 9.29 Å². The standard InChI is InChI=1S/C24H27N3O6S/c1-24(2,3)16-7-9-20(32-5)21(13-16)34(30,31)25-22(28)15-6-8-17-18(12-15)26(4)14-19(17)27-10-11-33-23(27)29/h6-9,12-14H,10-11H2,1-5H3,(H,25,28). The first-order valence-corrected chi connectivity index (χ1v) is 12.2. The summed E-state index contributed by atoms with van der Waals surface area (Å²) < 4.78 is 40.5. The van der Waals surface area contributed by atoms with Gasteiger partial charge in [0, 0.05) is 24.2 Å². The largest absolute Gasteiger partial charge is 0.495 e. The lowest BCUT2D eigenvalue weighted by Crippen LogP contribution is -2.31. The lowest BCUT2D eigenvalue weighted by Gasteiger charge is -2.21. The molecule has 2 amide bonds. The van der Waals surface area contributed by atoms with Gasteiger partial charge in [-0.15, -0.1) is 0 Å². The number of sulfonamides is 1. The van der Waals surface area contributed by atoms with Crippen molar-refractivity contribution in [2.45, 2.75) is 31.1 Å². The Morgan fingerprint density at radius 1 is 1.15 bits per heavy atom. The SMILES string of the molecule is COc1ccc(C(C)(C)C)cc1S(=O)(=O)NC(=O)c1ccc2c(N3CCOC3=O)cn(C)c2c1. The zero-order valence-corrected chi connectivity index (χ0v) is 20.5. The summed E-state index contributed by atoms with van der Waals surface area (Å²) in [5.74, 6) is -0.623. The van der Waals surface area contributed by atoms with Crippen LogP contribution >= 0.6 is 0 Å². The second-order valence-electron chi connectivity index (χ2n) is 9.17. The topological polar surface area (TPSA) is 107 Å². The smallest absolute Gasteiger partial charge is 0.414 e. The number of carbonyl (C=O) groups is 2. The number of benzene rings is 2. The summed E-state index contributed by atoms with van der Waals surface area (Å²) >= 11 is 0. The summed E-state index contributed by atoms with van der Waals surface area (Å²) in [5, 5.41) is 0.750. The maximum atomic E-state index is 13.1. The van der Waals surface area contributed by atoms with Gasteiger partial charge in [-0.05, 0) is 41.3 Å². The van der Waals surface area contributed by atoms with Gasteiger partial charge in [-0.2, -0.15) is 0 Å². The third kappa shape index (κ3) is 4.21. The van der Waals surface area contributed by atoms with Gasteiger partial charge in [-0.25, -0.2) is 17.9 Å². The van der Waals surface area contributed by atoms with Crippen LogP contribution in [-0.2, 0) is 27.2 Å². The van der Waals surface area contributed by atoms with E-state index in [1.165, 1.54) is 24.1 Å². The molecule has 1 saturated heterocycles. The Hall–Kier alpha value is -3.53. The van der Waals surface area contributed by atoms with E-state index < -0.39 is 22.0 Å². The van der Waals surface area contributed by atoms with Gasteiger partial charge >= 0.3 is 6.09 Å². The maximum absolute atomic E-state index is 13.1. The molecule has 0 atom stereocenters. The summed E-state index contributed by atoms with van der Waals surface area (Å²) in [4.78, 5) is 26.4. The molecular weight excluding hydrogens is 458 g/mol. The van der Waals surface area contributed by atoms with E-state index in [9.17, 15) is 18.0 Å². The molecule has 1 fully saturated rings. The van der Waals surface area contributed by atoms with Crippen LogP contribution in [0.5, 0.6) is 5.75 Å². The van der Waals surface area contributed by atoms with Crippen molar-refractivity contribution in [1.29, 1.82) is 0 Å². The van der Waals surface area contributed by atoms with Gasteiger partial charge in [0.1, 0.15) is 17.3 Å². The molecule has 2 heterocycles. The first-order chi connectivity index (χ1) is 15.9. The molecule has 0 aliphatic carbocycles. The molecule has 4 rings (SSSR count). The van der Waals surface area contributed by atoms with E-state index in [1.54, 1.807) is 42.1 Å². The molecule has 0 bridgehead atoms. The molecule has 10 heteroatoms. The number of nitrogens with one attached hydrogen (secondary N) is 1. The maximum Gasteiger partial charge on any atom is 0.414 e. The lowest BCUT2D eigenvalue weighted by molar-refractivity contribution is 0.0981. The molecule has 1 aliphatic rings. The molecule has 1 N–H and O–H groups in total. The lowest BCUT2D eigenvalue weighted by atomic mass is 9.87. The number of hydrogen-bond donors (Lipinski definition) is 1. The van der Waals surface area contributed by atoms with Crippen LogP contribution in [0.3, 0.4) is 0 Å². The Morgan fingerprint density at radius 3 is 2.50 bits per heavy atom. The Bertz CT molecular complexity index is 1400. The molecule has 1 aliphatic heterocycles. The van der Waals surface area contributed by atoms with Gasteiger partial charge in [0.2, 0.25) is 0 Å². The van der Waals surface area contributed by atoms with Crippen LogP contribution in [0.15, 0.2) is 47.5 Å². The van der Waals surface area contributed by atoms with E-state index in [0.29, 0.717) is 24.4 Å². The average molecular weight is 486 g/mol. The number of ether oxygens (including phenoxy) is 2. The normalized spacial score (nSPS) is 14.4. The zero-order valence-electron chi connectivity index (χ0n) is 19.7. The Balaban J connectivity index is 1.67. The van der Waals surface area contributed by atoms with E-state index in [4.69, 9.17) is 9.47 Å². The average Bonchev–Trinajstić information content (AvgIpc) is 3.34. The highest BCUT2D eigenvalue weighted by molar-refractivity contribution is 7.90. The van der Waals surface area contributed by atoms with Crippen LogP contribution in [0.2, 0.25) is 0 Å². The predicted octanol–water partition coefficient (Wildman–Crippen LogP) is 3.56. The minimum atomic E-state index is -4.21. The van der Waals surface area contributed by atoms with Crippen LogP contribution in [0.25, 0.3) is 10.9 Å². The van der Waals surface area contributed by atoms with E-state index in [-0.39, 0.29) is 21.6 Å². The fraction of sp³-hybridized carbons (Fsp3) is 0.333. The van der Waals surface area contributed by atoms with Gasteiger partial charge in [0.15, 0.2) is 0 Å². The first kappa shape index (κ1) is 23.6. The summed E-state index contributed by atoms with van der Waals surface area (Å²) in [6.45, 7) is 6.65. The molecule has 0 radical (unpaired) electrons. The Labute approximate surface area is 198 Å². The predicted molar refractivity (Wildman–Crippen MR) is 128 cm³/mol. The van der Waals surface area contributed by atoms with Gasteiger partial charge < -0.3 is 14.0 Å². The fourth-order valence-corrected chi connectivity index (χ4v) is 5.09. The Kier molecular flexibility index (Phi) is 5.80. The highest BCUT2D eigenvalue weighted by atomic mass is 32.2. The highest BCUT2D eigenvalue weighted by Gasteiger charge is 2.28. The number of anilines is 1. The number of amides is 2. The van der Waals surface area contributed by atoms with E-state index >= 15 is 0 Å². The van der Waals surface area contributed by atoms with Crippen molar-refractivity contribution in [2.24, 2.45) is 7.05 Å². The van der Waals surface area contributed by atoms with Crippen molar-refractivity contribution in [3.8, 4) is 5.75 Å². The number of cyclic esters (lactones) is 1. The molecule has 34 heavy (non-hydrogen) atoms. The summed E-state index contributed by atoms with van der Waals surface area (Å²) in [6.07, 6.45) is 1.35. The van der Waals surface area contributed by atoms with E-state index in [0.717, 1.165) is 10.9 Å². The van der Waals surface area contributed by atoms with Gasteiger partial charge in [-0.1, -0.05) is 26.8 Å². The molecule has 0 spiro atoms. The third-order valence-corrected chi connectivity index (χ3v) is 7.18. The number of carbonyl (C=O) groups excluding carboxylic acids is 2. The molecule has 3 aromatic rings. The third-order valence-electron chi connectivity index (χ3n) is 5.83. The van der Waals surface area contributed by atoms with E-state index in [1.807, 2.05) is 20.8 Å².